The van der Waals surface area contributed by atoms with Crippen LogP contribution in [0.3, 0.4) is 0 Å². The second kappa shape index (κ2) is 6.12. The predicted molar refractivity (Wildman–Crippen MR) is 131 cm³/mol. The maximum atomic E-state index is 2.37. The first-order valence-electron chi connectivity index (χ1n) is 11.0. The first-order chi connectivity index (χ1) is 14.6. The highest BCUT2D eigenvalue weighted by Crippen LogP contribution is 2.38. The molecule has 6 aromatic rings. The molecule has 30 heavy (non-hydrogen) atoms. The number of hydrogen-bond acceptors (Lipinski definition) is 0. The Hall–Kier alpha value is -3.26. The molecule has 0 bridgehead atoms. The van der Waals surface area contributed by atoms with E-state index in [9.17, 15) is 0 Å². The fourth-order valence-corrected chi connectivity index (χ4v) is 5.46. The summed E-state index contributed by atoms with van der Waals surface area (Å²) in [5.74, 6) is 0. The Kier molecular flexibility index (Phi) is 3.59. The van der Waals surface area contributed by atoms with Gasteiger partial charge in [0.25, 0.3) is 0 Å². The third-order valence-electron chi connectivity index (χ3n) is 7.16. The summed E-state index contributed by atoms with van der Waals surface area (Å²) in [4.78, 5) is 0. The van der Waals surface area contributed by atoms with Crippen LogP contribution in [0.2, 0.25) is 0 Å². The Bertz CT molecular complexity index is 1500. The summed E-state index contributed by atoms with van der Waals surface area (Å²) >= 11 is 0. The van der Waals surface area contributed by atoms with Gasteiger partial charge >= 0.3 is 0 Å². The van der Waals surface area contributed by atoms with Gasteiger partial charge in [0.2, 0.25) is 0 Å². The Labute approximate surface area is 176 Å². The van der Waals surface area contributed by atoms with Gasteiger partial charge in [-0.3, -0.25) is 0 Å². The lowest BCUT2D eigenvalue weighted by Gasteiger charge is -2.10. The molecule has 148 valence electrons. The monoisotopic (exact) mass is 390 g/mol. The summed E-state index contributed by atoms with van der Waals surface area (Å²) in [5.41, 5.74) is 5.40. The van der Waals surface area contributed by atoms with Gasteiger partial charge in [-0.2, -0.15) is 0 Å². The Morgan fingerprint density at radius 1 is 0.467 bits per heavy atom. The number of rotatable bonds is 2. The van der Waals surface area contributed by atoms with Gasteiger partial charge in [0.1, 0.15) is 0 Å². The molecule has 0 amide bonds. The van der Waals surface area contributed by atoms with Crippen molar-refractivity contribution >= 4 is 54.1 Å². The van der Waals surface area contributed by atoms with Crippen molar-refractivity contribution in [1.82, 2.24) is 9.13 Å². The Morgan fingerprint density at radius 3 is 1.10 bits per heavy atom. The van der Waals surface area contributed by atoms with Crippen molar-refractivity contribution in [2.24, 2.45) is 14.1 Å². The molecule has 0 saturated heterocycles. The first-order valence-corrected chi connectivity index (χ1v) is 11.0. The zero-order valence-corrected chi connectivity index (χ0v) is 18.1. The van der Waals surface area contributed by atoms with E-state index in [4.69, 9.17) is 0 Å². The van der Waals surface area contributed by atoms with Gasteiger partial charge in [0, 0.05) is 47.3 Å². The summed E-state index contributed by atoms with van der Waals surface area (Å²) in [7, 11) is 4.36. The fourth-order valence-electron chi connectivity index (χ4n) is 5.46. The lowest BCUT2D eigenvalue weighted by atomic mass is 9.94. The maximum absolute atomic E-state index is 2.37. The molecule has 0 fully saturated rings. The van der Waals surface area contributed by atoms with Crippen molar-refractivity contribution < 1.29 is 0 Å². The molecule has 0 aliphatic carbocycles. The number of hydrogen-bond donors (Lipinski definition) is 0. The van der Waals surface area contributed by atoms with E-state index in [1.807, 2.05) is 0 Å². The maximum Gasteiger partial charge on any atom is 0.0486 e. The van der Waals surface area contributed by atoms with E-state index in [1.165, 1.54) is 65.5 Å². The highest BCUT2D eigenvalue weighted by molar-refractivity contribution is 6.24. The molecule has 0 atom stereocenters. The topological polar surface area (TPSA) is 9.86 Å². The van der Waals surface area contributed by atoms with Crippen LogP contribution < -0.4 is 0 Å². The van der Waals surface area contributed by atoms with Crippen LogP contribution in [0.4, 0.5) is 0 Å². The minimum absolute atomic E-state index is 1.05. The third kappa shape index (κ3) is 2.14. The standard InChI is InChI=1S/C28H26N2/c1-5-17-15-25-23-9-7-20-19(21(23)11-13-27(25)29(17)3)8-10-24-22(20)12-14-28-26(24)16-18(6-2)30(28)4/h7-16H,5-6H2,1-4H3. The molecule has 2 heterocycles. The minimum atomic E-state index is 1.05. The van der Waals surface area contributed by atoms with Gasteiger partial charge in [-0.1, -0.05) is 50.2 Å². The number of aryl methyl sites for hydroxylation is 4. The molecule has 0 N–H and O–H groups in total. The summed E-state index contributed by atoms with van der Waals surface area (Å²) in [6.07, 6.45) is 2.11. The molecular formula is C28H26N2. The number of nitrogens with zero attached hydrogens (tertiary/aromatic N) is 2. The summed E-state index contributed by atoms with van der Waals surface area (Å²) in [6.45, 7) is 4.46. The number of fused-ring (bicyclic) bond motifs is 9. The zero-order chi connectivity index (χ0) is 20.6. The van der Waals surface area contributed by atoms with Crippen LogP contribution in [0, 0.1) is 0 Å². The van der Waals surface area contributed by atoms with E-state index >= 15 is 0 Å². The molecule has 0 aliphatic heterocycles. The van der Waals surface area contributed by atoms with Crippen LogP contribution in [0.1, 0.15) is 25.2 Å². The highest BCUT2D eigenvalue weighted by atomic mass is 14.9. The molecule has 0 aliphatic rings. The minimum Gasteiger partial charge on any atom is -0.348 e. The summed E-state index contributed by atoms with van der Waals surface area (Å²) in [5, 5.41) is 10.8. The van der Waals surface area contributed by atoms with Crippen molar-refractivity contribution in [2.45, 2.75) is 26.7 Å². The van der Waals surface area contributed by atoms with Crippen molar-refractivity contribution in [1.29, 1.82) is 0 Å². The van der Waals surface area contributed by atoms with E-state index in [0.29, 0.717) is 0 Å². The Balaban J connectivity index is 1.73. The molecule has 2 aromatic heterocycles. The van der Waals surface area contributed by atoms with Crippen molar-refractivity contribution in [3.8, 4) is 0 Å². The normalized spacial score (nSPS) is 12.3. The molecule has 0 saturated carbocycles. The van der Waals surface area contributed by atoms with E-state index in [2.05, 4.69) is 97.7 Å². The van der Waals surface area contributed by atoms with E-state index in [1.54, 1.807) is 0 Å². The van der Waals surface area contributed by atoms with Crippen molar-refractivity contribution in [2.75, 3.05) is 0 Å². The number of benzene rings is 4. The van der Waals surface area contributed by atoms with Gasteiger partial charge < -0.3 is 9.13 Å². The molecule has 0 radical (unpaired) electrons. The van der Waals surface area contributed by atoms with Gasteiger partial charge in [-0.15, -0.1) is 0 Å². The van der Waals surface area contributed by atoms with Crippen LogP contribution in [0.25, 0.3) is 54.1 Å². The second-order valence-electron chi connectivity index (χ2n) is 8.51. The van der Waals surface area contributed by atoms with Gasteiger partial charge in [-0.05, 0) is 69.4 Å². The zero-order valence-electron chi connectivity index (χ0n) is 18.1. The molecule has 0 spiro atoms. The lowest BCUT2D eigenvalue weighted by molar-refractivity contribution is 0.866. The smallest absolute Gasteiger partial charge is 0.0486 e. The van der Waals surface area contributed by atoms with E-state index < -0.39 is 0 Å². The fraction of sp³-hybridized carbons (Fsp3) is 0.214. The van der Waals surface area contributed by atoms with Crippen LogP contribution in [0.5, 0.6) is 0 Å². The quantitative estimate of drug-likeness (QED) is 0.275. The van der Waals surface area contributed by atoms with Crippen molar-refractivity contribution in [3.05, 3.63) is 72.1 Å². The van der Waals surface area contributed by atoms with Gasteiger partial charge in [0.05, 0.1) is 0 Å². The summed E-state index contributed by atoms with van der Waals surface area (Å²) in [6, 6.07) is 23.2. The average molecular weight is 391 g/mol. The largest absolute Gasteiger partial charge is 0.348 e. The molecular weight excluding hydrogens is 364 g/mol. The van der Waals surface area contributed by atoms with Gasteiger partial charge in [0.15, 0.2) is 0 Å². The highest BCUT2D eigenvalue weighted by Gasteiger charge is 2.13. The van der Waals surface area contributed by atoms with Crippen LogP contribution in [0.15, 0.2) is 60.7 Å². The molecule has 2 nitrogen and oxygen atoms in total. The molecule has 4 aromatic carbocycles. The predicted octanol–water partition coefficient (Wildman–Crippen LogP) is 7.25. The van der Waals surface area contributed by atoms with Crippen LogP contribution >= 0.6 is 0 Å². The van der Waals surface area contributed by atoms with Crippen LogP contribution in [-0.2, 0) is 26.9 Å². The van der Waals surface area contributed by atoms with Crippen LogP contribution in [-0.4, -0.2) is 9.13 Å². The molecule has 0 unspecified atom stereocenters. The van der Waals surface area contributed by atoms with E-state index in [0.717, 1.165) is 12.8 Å². The second-order valence-corrected chi connectivity index (χ2v) is 8.51. The molecule has 6 rings (SSSR count). The third-order valence-corrected chi connectivity index (χ3v) is 7.16. The lowest BCUT2D eigenvalue weighted by Crippen LogP contribution is -1.93. The summed E-state index contributed by atoms with van der Waals surface area (Å²) < 4.78 is 4.66. The SMILES string of the molecule is CCc1cc2c3ccc4c(ccc5c4ccc4c5cc(CC)n4C)c3ccc2n1C. The first kappa shape index (κ1) is 17.6. The Morgan fingerprint density at radius 2 is 0.767 bits per heavy atom. The number of aromatic nitrogens is 2. The average Bonchev–Trinajstić information content (AvgIpc) is 3.29. The van der Waals surface area contributed by atoms with Gasteiger partial charge in [-0.25, -0.2) is 0 Å². The van der Waals surface area contributed by atoms with E-state index in [-0.39, 0.29) is 0 Å². The van der Waals surface area contributed by atoms with Crippen molar-refractivity contribution in [3.63, 3.8) is 0 Å². The molecule has 2 heteroatoms.